The summed E-state index contributed by atoms with van der Waals surface area (Å²) in [5.41, 5.74) is 3.55. The number of aliphatic imine (C=N–C) groups is 1. The molecule has 3 aromatic rings. The number of methoxy groups -OCH3 is 1. The van der Waals surface area contributed by atoms with Gasteiger partial charge in [-0.3, -0.25) is 9.79 Å². The van der Waals surface area contributed by atoms with E-state index in [1.54, 1.807) is 26.3 Å². The van der Waals surface area contributed by atoms with Crippen LogP contribution in [-0.4, -0.2) is 37.6 Å². The third kappa shape index (κ3) is 5.28. The van der Waals surface area contributed by atoms with Gasteiger partial charge in [0.1, 0.15) is 11.6 Å². The number of hydrogen-bond acceptors (Lipinski definition) is 3. The fourth-order valence-corrected chi connectivity index (χ4v) is 3.23. The van der Waals surface area contributed by atoms with Crippen molar-refractivity contribution in [1.29, 1.82) is 0 Å². The smallest absolute Gasteiger partial charge is 0.221 e. The lowest BCUT2D eigenvalue weighted by molar-refractivity contribution is -0.114. The third-order valence-corrected chi connectivity index (χ3v) is 4.67. The number of nitrogens with zero attached hydrogens (tertiary/aromatic N) is 1. The van der Waals surface area contributed by atoms with Crippen LogP contribution in [0.25, 0.3) is 10.9 Å². The number of amides is 1. The maximum absolute atomic E-state index is 13.5. The summed E-state index contributed by atoms with van der Waals surface area (Å²) in [6, 6.07) is 10.3. The minimum absolute atomic E-state index is 0.159. The topological polar surface area (TPSA) is 90.5 Å². The first-order valence-electron chi connectivity index (χ1n) is 9.64. The number of hydrogen-bond donors (Lipinski definition) is 4. The van der Waals surface area contributed by atoms with E-state index in [0.717, 1.165) is 28.5 Å². The van der Waals surface area contributed by atoms with Crippen LogP contribution < -0.4 is 20.7 Å². The van der Waals surface area contributed by atoms with Gasteiger partial charge in [-0.05, 0) is 47.9 Å². The molecule has 0 fully saturated rings. The van der Waals surface area contributed by atoms with Crippen LogP contribution in [0.3, 0.4) is 0 Å². The number of fused-ring (bicyclic) bond motifs is 1. The van der Waals surface area contributed by atoms with Crippen LogP contribution in [0.4, 0.5) is 10.1 Å². The van der Waals surface area contributed by atoms with Crippen molar-refractivity contribution >= 4 is 28.5 Å². The van der Waals surface area contributed by atoms with Gasteiger partial charge in [0, 0.05) is 44.2 Å². The van der Waals surface area contributed by atoms with Gasteiger partial charge in [-0.25, -0.2) is 4.39 Å². The maximum atomic E-state index is 13.5. The quantitative estimate of drug-likeness (QED) is 0.355. The van der Waals surface area contributed by atoms with Gasteiger partial charge in [-0.1, -0.05) is 6.07 Å². The monoisotopic (exact) mass is 411 g/mol. The SMILES string of the molecule is CN=C(NCCc1c[nH]c2ccc(F)cc12)NCc1ccc(OC)c(NC(C)=O)c1. The molecule has 1 heterocycles. The highest BCUT2D eigenvalue weighted by Gasteiger charge is 2.08. The van der Waals surface area contributed by atoms with Crippen molar-refractivity contribution in [3.05, 3.63) is 59.5 Å². The molecular weight excluding hydrogens is 385 g/mol. The Labute approximate surface area is 174 Å². The van der Waals surface area contributed by atoms with Crippen molar-refractivity contribution in [2.24, 2.45) is 4.99 Å². The molecule has 4 N–H and O–H groups in total. The van der Waals surface area contributed by atoms with Gasteiger partial charge in [-0.2, -0.15) is 0 Å². The molecule has 158 valence electrons. The number of rotatable bonds is 7. The minimum atomic E-state index is -0.244. The molecule has 0 bridgehead atoms. The minimum Gasteiger partial charge on any atom is -0.495 e. The van der Waals surface area contributed by atoms with Gasteiger partial charge < -0.3 is 25.7 Å². The van der Waals surface area contributed by atoms with Gasteiger partial charge in [0.25, 0.3) is 0 Å². The molecule has 0 aliphatic rings. The van der Waals surface area contributed by atoms with Crippen molar-refractivity contribution in [2.75, 3.05) is 26.0 Å². The standard InChI is InChI=1S/C22H26FN5O2/c1-14(29)28-20-10-15(4-7-21(20)30-3)12-27-22(24-2)25-9-8-16-13-26-19-6-5-17(23)11-18(16)19/h4-7,10-11,13,26H,8-9,12H2,1-3H3,(H,28,29)(H2,24,25,27). The number of H-pyrrole nitrogens is 1. The van der Waals surface area contributed by atoms with Crippen molar-refractivity contribution < 1.29 is 13.9 Å². The van der Waals surface area contributed by atoms with Crippen LogP contribution in [0.15, 0.2) is 47.6 Å². The van der Waals surface area contributed by atoms with Crippen LogP contribution in [-0.2, 0) is 17.8 Å². The predicted molar refractivity (Wildman–Crippen MR) is 117 cm³/mol. The van der Waals surface area contributed by atoms with E-state index in [2.05, 4.69) is 25.9 Å². The summed E-state index contributed by atoms with van der Waals surface area (Å²) in [7, 11) is 3.26. The number of aromatic nitrogens is 1. The summed E-state index contributed by atoms with van der Waals surface area (Å²) in [5.74, 6) is 0.851. The summed E-state index contributed by atoms with van der Waals surface area (Å²) < 4.78 is 18.8. The van der Waals surface area contributed by atoms with Crippen LogP contribution in [0.1, 0.15) is 18.1 Å². The number of nitrogens with one attached hydrogen (secondary N) is 4. The number of anilines is 1. The molecule has 0 saturated carbocycles. The van der Waals surface area contributed by atoms with E-state index in [9.17, 15) is 9.18 Å². The van der Waals surface area contributed by atoms with Gasteiger partial charge in [-0.15, -0.1) is 0 Å². The third-order valence-electron chi connectivity index (χ3n) is 4.67. The number of carbonyl (C=O) groups is 1. The Kier molecular flexibility index (Phi) is 6.90. The van der Waals surface area contributed by atoms with Crippen LogP contribution in [0.2, 0.25) is 0 Å². The number of benzene rings is 2. The molecule has 0 unspecified atom stereocenters. The largest absolute Gasteiger partial charge is 0.495 e. The van der Waals surface area contributed by atoms with Crippen molar-refractivity contribution in [1.82, 2.24) is 15.6 Å². The Balaban J connectivity index is 1.56. The second-order valence-electron chi connectivity index (χ2n) is 6.82. The Morgan fingerprint density at radius 2 is 2.03 bits per heavy atom. The fraction of sp³-hybridized carbons (Fsp3) is 0.273. The zero-order chi connectivity index (χ0) is 21.5. The summed E-state index contributed by atoms with van der Waals surface area (Å²) in [6.45, 7) is 2.62. The van der Waals surface area contributed by atoms with Crippen LogP contribution in [0, 0.1) is 5.82 Å². The highest BCUT2D eigenvalue weighted by atomic mass is 19.1. The van der Waals surface area contributed by atoms with Crippen LogP contribution >= 0.6 is 0 Å². The van der Waals surface area contributed by atoms with Gasteiger partial charge in [0.15, 0.2) is 5.96 Å². The molecular formula is C22H26FN5O2. The van der Waals surface area contributed by atoms with Crippen LogP contribution in [0.5, 0.6) is 5.75 Å². The Morgan fingerprint density at radius 3 is 2.77 bits per heavy atom. The lowest BCUT2D eigenvalue weighted by atomic mass is 10.1. The molecule has 0 radical (unpaired) electrons. The molecule has 1 amide bonds. The first-order valence-corrected chi connectivity index (χ1v) is 9.64. The first-order chi connectivity index (χ1) is 14.5. The van der Waals surface area contributed by atoms with E-state index < -0.39 is 0 Å². The summed E-state index contributed by atoms with van der Waals surface area (Å²) in [4.78, 5) is 18.8. The summed E-state index contributed by atoms with van der Waals surface area (Å²) in [5, 5.41) is 10.2. The average Bonchev–Trinajstić information content (AvgIpc) is 3.12. The second-order valence-corrected chi connectivity index (χ2v) is 6.82. The molecule has 3 rings (SSSR count). The molecule has 0 aliphatic heterocycles. The van der Waals surface area contributed by atoms with Crippen molar-refractivity contribution in [2.45, 2.75) is 19.9 Å². The number of aromatic amines is 1. The summed E-state index contributed by atoms with van der Waals surface area (Å²) >= 11 is 0. The number of halogens is 1. The molecule has 0 spiro atoms. The number of guanidine groups is 1. The molecule has 0 saturated heterocycles. The highest BCUT2D eigenvalue weighted by Crippen LogP contribution is 2.25. The molecule has 0 aliphatic carbocycles. The lowest BCUT2D eigenvalue weighted by Crippen LogP contribution is -2.37. The average molecular weight is 411 g/mol. The molecule has 7 nitrogen and oxygen atoms in total. The van der Waals surface area contributed by atoms with Crippen molar-refractivity contribution in [3.63, 3.8) is 0 Å². The van der Waals surface area contributed by atoms with Crippen molar-refractivity contribution in [3.8, 4) is 5.75 Å². The van der Waals surface area contributed by atoms with Gasteiger partial charge >= 0.3 is 0 Å². The predicted octanol–water partition coefficient (Wildman–Crippen LogP) is 3.18. The van der Waals surface area contributed by atoms with Gasteiger partial charge in [0.2, 0.25) is 5.91 Å². The molecule has 0 atom stereocenters. The van der Waals surface area contributed by atoms with E-state index in [1.807, 2.05) is 24.4 Å². The second kappa shape index (κ2) is 9.78. The maximum Gasteiger partial charge on any atom is 0.221 e. The van der Waals surface area contributed by atoms with E-state index >= 15 is 0 Å². The molecule has 8 heteroatoms. The lowest BCUT2D eigenvalue weighted by Gasteiger charge is -2.14. The number of carbonyl (C=O) groups excluding carboxylic acids is 1. The van der Waals surface area contributed by atoms with E-state index in [4.69, 9.17) is 4.74 Å². The molecule has 1 aromatic heterocycles. The fourth-order valence-electron chi connectivity index (χ4n) is 3.23. The Hall–Kier alpha value is -3.55. The van der Waals surface area contributed by atoms with E-state index in [1.165, 1.54) is 13.0 Å². The van der Waals surface area contributed by atoms with Gasteiger partial charge in [0.05, 0.1) is 12.8 Å². The molecule has 2 aromatic carbocycles. The first kappa shape index (κ1) is 21.2. The zero-order valence-corrected chi connectivity index (χ0v) is 17.3. The normalized spacial score (nSPS) is 11.4. The van der Waals surface area contributed by atoms with E-state index in [0.29, 0.717) is 30.5 Å². The number of ether oxygens (including phenoxy) is 1. The van der Waals surface area contributed by atoms with E-state index in [-0.39, 0.29) is 11.7 Å². The Morgan fingerprint density at radius 1 is 1.20 bits per heavy atom. The summed E-state index contributed by atoms with van der Waals surface area (Å²) in [6.07, 6.45) is 2.63. The Bertz CT molecular complexity index is 1060. The molecule has 30 heavy (non-hydrogen) atoms. The zero-order valence-electron chi connectivity index (χ0n) is 17.3. The highest BCUT2D eigenvalue weighted by molar-refractivity contribution is 5.90.